The molecule has 0 aromatic heterocycles. The molecular formula is C17H16. The third kappa shape index (κ3) is 1.52. The predicted molar refractivity (Wildman–Crippen MR) is 75.7 cm³/mol. The molecule has 0 aliphatic carbocycles. The summed E-state index contributed by atoms with van der Waals surface area (Å²) in [5.41, 5.74) is 4.05. The Morgan fingerprint density at radius 2 is 1.29 bits per heavy atom. The molecular weight excluding hydrogens is 204 g/mol. The molecule has 0 aliphatic heterocycles. The molecule has 84 valence electrons. The summed E-state index contributed by atoms with van der Waals surface area (Å²) >= 11 is 0. The highest BCUT2D eigenvalue weighted by Gasteiger charge is 2.05. The Labute approximate surface area is 102 Å². The minimum Gasteiger partial charge on any atom is -0.0613 e. The van der Waals surface area contributed by atoms with Crippen LogP contribution in [-0.4, -0.2) is 0 Å². The van der Waals surface area contributed by atoms with Crippen molar-refractivity contribution in [2.45, 2.75) is 20.8 Å². The zero-order valence-corrected chi connectivity index (χ0v) is 10.5. The van der Waals surface area contributed by atoms with Gasteiger partial charge in [-0.25, -0.2) is 0 Å². The molecule has 0 aliphatic rings. The summed E-state index contributed by atoms with van der Waals surface area (Å²) < 4.78 is 0. The van der Waals surface area contributed by atoms with Gasteiger partial charge in [0.05, 0.1) is 0 Å². The molecule has 0 nitrogen and oxygen atoms in total. The molecule has 0 fully saturated rings. The van der Waals surface area contributed by atoms with Gasteiger partial charge in [0.15, 0.2) is 0 Å². The zero-order valence-electron chi connectivity index (χ0n) is 10.5. The van der Waals surface area contributed by atoms with Crippen LogP contribution < -0.4 is 0 Å². The Kier molecular flexibility index (Phi) is 2.19. The number of fused-ring (bicyclic) bond motifs is 3. The van der Waals surface area contributed by atoms with E-state index in [0.29, 0.717) is 0 Å². The quantitative estimate of drug-likeness (QED) is 0.472. The monoisotopic (exact) mass is 220 g/mol. The molecule has 0 saturated carbocycles. The number of benzene rings is 3. The van der Waals surface area contributed by atoms with Gasteiger partial charge in [-0.2, -0.15) is 0 Å². The van der Waals surface area contributed by atoms with Crippen molar-refractivity contribution in [1.82, 2.24) is 0 Å². The molecule has 0 bridgehead atoms. The Hall–Kier alpha value is -1.82. The molecule has 0 heteroatoms. The normalized spacial score (nSPS) is 11.2. The third-order valence-corrected chi connectivity index (χ3v) is 3.58. The maximum atomic E-state index is 2.31. The molecule has 3 aromatic carbocycles. The van der Waals surface area contributed by atoms with Crippen molar-refractivity contribution in [3.05, 3.63) is 59.2 Å². The minimum atomic E-state index is 1.33. The summed E-state index contributed by atoms with van der Waals surface area (Å²) in [5.74, 6) is 0. The second-order valence-corrected chi connectivity index (χ2v) is 4.91. The first-order valence-corrected chi connectivity index (χ1v) is 6.06. The summed E-state index contributed by atoms with van der Waals surface area (Å²) in [4.78, 5) is 0. The average Bonchev–Trinajstić information content (AvgIpc) is 2.31. The van der Waals surface area contributed by atoms with E-state index in [1.165, 1.54) is 38.2 Å². The smallest absolute Gasteiger partial charge is 0.0102 e. The molecule has 0 saturated heterocycles. The van der Waals surface area contributed by atoms with Crippen LogP contribution in [0.2, 0.25) is 0 Å². The SMILES string of the molecule is Cc1ccc2c(c1)c(C)cc1c(C)cccc12. The Balaban J connectivity index is 2.60. The second kappa shape index (κ2) is 3.59. The average molecular weight is 220 g/mol. The van der Waals surface area contributed by atoms with E-state index in [0.717, 1.165) is 0 Å². The molecule has 0 amide bonds. The highest BCUT2D eigenvalue weighted by Crippen LogP contribution is 2.30. The fraction of sp³-hybridized carbons (Fsp3) is 0.176. The Morgan fingerprint density at radius 3 is 2.12 bits per heavy atom. The van der Waals surface area contributed by atoms with Gasteiger partial charge >= 0.3 is 0 Å². The van der Waals surface area contributed by atoms with Crippen molar-refractivity contribution in [3.8, 4) is 0 Å². The lowest BCUT2D eigenvalue weighted by Gasteiger charge is -2.10. The largest absolute Gasteiger partial charge is 0.0613 e. The van der Waals surface area contributed by atoms with Gasteiger partial charge < -0.3 is 0 Å². The highest BCUT2D eigenvalue weighted by atomic mass is 14.1. The standard InChI is InChI=1S/C17H16/c1-11-7-8-15-14-6-4-5-12(2)17(14)10-13(3)16(15)9-11/h4-10H,1-3H3. The molecule has 3 rings (SSSR count). The molecule has 0 N–H and O–H groups in total. The van der Waals surface area contributed by atoms with E-state index in [9.17, 15) is 0 Å². The molecule has 0 atom stereocenters. The highest BCUT2D eigenvalue weighted by molar-refractivity contribution is 6.09. The van der Waals surface area contributed by atoms with Crippen LogP contribution in [0.3, 0.4) is 0 Å². The fourth-order valence-electron chi connectivity index (χ4n) is 2.62. The van der Waals surface area contributed by atoms with Crippen LogP contribution in [0, 0.1) is 20.8 Å². The first-order chi connectivity index (χ1) is 8.16. The summed E-state index contributed by atoms with van der Waals surface area (Å²) in [6.07, 6.45) is 0. The van der Waals surface area contributed by atoms with Gasteiger partial charge in [0.25, 0.3) is 0 Å². The lowest BCUT2D eigenvalue weighted by Crippen LogP contribution is -1.85. The summed E-state index contributed by atoms with van der Waals surface area (Å²) in [5, 5.41) is 5.49. The molecule has 0 unspecified atom stereocenters. The van der Waals surface area contributed by atoms with Crippen LogP contribution in [0.15, 0.2) is 42.5 Å². The summed E-state index contributed by atoms with van der Waals surface area (Å²) in [7, 11) is 0. The minimum absolute atomic E-state index is 1.33. The van der Waals surface area contributed by atoms with Crippen molar-refractivity contribution in [2.24, 2.45) is 0 Å². The second-order valence-electron chi connectivity index (χ2n) is 4.91. The van der Waals surface area contributed by atoms with Crippen molar-refractivity contribution >= 4 is 21.5 Å². The van der Waals surface area contributed by atoms with E-state index < -0.39 is 0 Å². The lowest BCUT2D eigenvalue weighted by atomic mass is 9.94. The van der Waals surface area contributed by atoms with E-state index in [4.69, 9.17) is 0 Å². The zero-order chi connectivity index (χ0) is 12.0. The van der Waals surface area contributed by atoms with Crippen LogP contribution in [0.1, 0.15) is 16.7 Å². The maximum Gasteiger partial charge on any atom is -0.0102 e. The molecule has 17 heavy (non-hydrogen) atoms. The van der Waals surface area contributed by atoms with Crippen molar-refractivity contribution in [3.63, 3.8) is 0 Å². The van der Waals surface area contributed by atoms with Gasteiger partial charge in [0.2, 0.25) is 0 Å². The van der Waals surface area contributed by atoms with Gasteiger partial charge in [-0.3, -0.25) is 0 Å². The van der Waals surface area contributed by atoms with E-state index in [1.807, 2.05) is 0 Å². The van der Waals surface area contributed by atoms with E-state index >= 15 is 0 Å². The van der Waals surface area contributed by atoms with Crippen LogP contribution >= 0.6 is 0 Å². The van der Waals surface area contributed by atoms with Gasteiger partial charge in [-0.05, 0) is 53.4 Å². The summed E-state index contributed by atoms with van der Waals surface area (Å²) in [6.45, 7) is 6.54. The maximum absolute atomic E-state index is 2.31. The van der Waals surface area contributed by atoms with Gasteiger partial charge in [0.1, 0.15) is 0 Å². The molecule has 3 aromatic rings. The molecule has 0 radical (unpaired) electrons. The first kappa shape index (κ1) is 10.3. The third-order valence-electron chi connectivity index (χ3n) is 3.58. The van der Waals surface area contributed by atoms with Gasteiger partial charge in [0, 0.05) is 0 Å². The topological polar surface area (TPSA) is 0 Å². The number of rotatable bonds is 0. The number of aryl methyl sites for hydroxylation is 3. The fourth-order valence-corrected chi connectivity index (χ4v) is 2.62. The number of hydrogen-bond donors (Lipinski definition) is 0. The lowest BCUT2D eigenvalue weighted by molar-refractivity contribution is 1.47. The molecule has 0 heterocycles. The van der Waals surface area contributed by atoms with Crippen LogP contribution in [0.5, 0.6) is 0 Å². The molecule has 0 spiro atoms. The van der Waals surface area contributed by atoms with Crippen LogP contribution in [0.4, 0.5) is 0 Å². The van der Waals surface area contributed by atoms with E-state index in [-0.39, 0.29) is 0 Å². The van der Waals surface area contributed by atoms with Crippen molar-refractivity contribution in [1.29, 1.82) is 0 Å². The first-order valence-electron chi connectivity index (χ1n) is 6.06. The van der Waals surface area contributed by atoms with Crippen molar-refractivity contribution in [2.75, 3.05) is 0 Å². The number of hydrogen-bond acceptors (Lipinski definition) is 0. The van der Waals surface area contributed by atoms with Crippen LogP contribution in [-0.2, 0) is 0 Å². The van der Waals surface area contributed by atoms with E-state index in [1.54, 1.807) is 0 Å². The van der Waals surface area contributed by atoms with Crippen LogP contribution in [0.25, 0.3) is 21.5 Å². The van der Waals surface area contributed by atoms with Gasteiger partial charge in [-0.15, -0.1) is 0 Å². The Bertz CT molecular complexity index is 721. The van der Waals surface area contributed by atoms with E-state index in [2.05, 4.69) is 63.2 Å². The predicted octanol–water partition coefficient (Wildman–Crippen LogP) is 4.92. The van der Waals surface area contributed by atoms with Crippen molar-refractivity contribution < 1.29 is 0 Å². The summed E-state index contributed by atoms with van der Waals surface area (Å²) in [6, 6.07) is 15.6. The van der Waals surface area contributed by atoms with Gasteiger partial charge in [-0.1, -0.05) is 48.0 Å². The Morgan fingerprint density at radius 1 is 0.588 bits per heavy atom.